The van der Waals surface area contributed by atoms with Gasteiger partial charge in [-0.15, -0.1) is 0 Å². The topological polar surface area (TPSA) is 64.7 Å². The Labute approximate surface area is 201 Å². The number of anilines is 3. The van der Waals surface area contributed by atoms with Gasteiger partial charge >= 0.3 is 6.03 Å². The molecule has 6 heteroatoms. The van der Waals surface area contributed by atoms with Crippen molar-refractivity contribution in [2.24, 2.45) is 0 Å². The molecule has 0 unspecified atom stereocenters. The third kappa shape index (κ3) is 5.76. The van der Waals surface area contributed by atoms with E-state index in [9.17, 15) is 9.59 Å². The molecule has 0 saturated carbocycles. The number of carbonyl (C=O) groups is 2. The molecule has 3 amide bonds. The van der Waals surface area contributed by atoms with E-state index in [0.29, 0.717) is 19.5 Å². The second-order valence-electron chi connectivity index (χ2n) is 8.90. The lowest BCUT2D eigenvalue weighted by molar-refractivity contribution is -0.130. The average Bonchev–Trinajstić information content (AvgIpc) is 2.83. The number of urea groups is 1. The van der Waals surface area contributed by atoms with Gasteiger partial charge in [-0.05, 0) is 79.4 Å². The van der Waals surface area contributed by atoms with E-state index in [0.717, 1.165) is 46.8 Å². The standard InChI is InChI=1S/C28H32N4O2/c1-20-8-9-25(18-22(20)3)30-28(34)29-24-10-12-26(13-11-24)31-14-16-32(17-15-31)27(33)19-23-7-5-4-6-21(23)2/h4-13,18H,14-17,19H2,1-3H3,(H2,29,30,34). The lowest BCUT2D eigenvalue weighted by Crippen LogP contribution is -2.49. The molecule has 0 bridgehead atoms. The first kappa shape index (κ1) is 23.4. The summed E-state index contributed by atoms with van der Waals surface area (Å²) in [5, 5.41) is 5.76. The van der Waals surface area contributed by atoms with Crippen LogP contribution in [0.3, 0.4) is 0 Å². The number of nitrogens with zero attached hydrogens (tertiary/aromatic N) is 2. The molecule has 1 heterocycles. The maximum Gasteiger partial charge on any atom is 0.323 e. The third-order valence-electron chi connectivity index (χ3n) is 6.49. The van der Waals surface area contributed by atoms with E-state index in [2.05, 4.69) is 15.5 Å². The van der Waals surface area contributed by atoms with E-state index in [4.69, 9.17) is 0 Å². The lowest BCUT2D eigenvalue weighted by atomic mass is 10.1. The highest BCUT2D eigenvalue weighted by atomic mass is 16.2. The number of amides is 3. The van der Waals surface area contributed by atoms with Gasteiger partial charge in [-0.1, -0.05) is 30.3 Å². The summed E-state index contributed by atoms with van der Waals surface area (Å²) in [5.41, 5.74) is 7.18. The minimum atomic E-state index is -0.267. The van der Waals surface area contributed by atoms with Gasteiger partial charge in [0.15, 0.2) is 0 Å². The maximum absolute atomic E-state index is 12.7. The van der Waals surface area contributed by atoms with Crippen LogP contribution in [0.2, 0.25) is 0 Å². The van der Waals surface area contributed by atoms with Gasteiger partial charge in [-0.25, -0.2) is 4.79 Å². The van der Waals surface area contributed by atoms with Crippen LogP contribution in [-0.4, -0.2) is 43.0 Å². The van der Waals surface area contributed by atoms with Crippen molar-refractivity contribution in [1.29, 1.82) is 0 Å². The molecule has 0 aliphatic carbocycles. The first-order valence-corrected chi connectivity index (χ1v) is 11.7. The van der Waals surface area contributed by atoms with Crippen molar-refractivity contribution in [3.05, 3.63) is 89.0 Å². The molecule has 2 N–H and O–H groups in total. The molecule has 1 saturated heterocycles. The van der Waals surface area contributed by atoms with E-state index in [1.807, 2.05) is 92.4 Å². The van der Waals surface area contributed by atoms with Crippen LogP contribution in [0.5, 0.6) is 0 Å². The Morgan fingerprint density at radius 2 is 1.38 bits per heavy atom. The molecular weight excluding hydrogens is 424 g/mol. The fourth-order valence-corrected chi connectivity index (χ4v) is 4.17. The fourth-order valence-electron chi connectivity index (χ4n) is 4.17. The van der Waals surface area contributed by atoms with Crippen LogP contribution in [0.4, 0.5) is 21.9 Å². The molecule has 3 aromatic rings. The first-order valence-electron chi connectivity index (χ1n) is 11.7. The Balaban J connectivity index is 1.27. The third-order valence-corrected chi connectivity index (χ3v) is 6.49. The summed E-state index contributed by atoms with van der Waals surface area (Å²) in [4.78, 5) is 29.3. The summed E-state index contributed by atoms with van der Waals surface area (Å²) in [6.07, 6.45) is 0.456. The molecule has 0 aromatic heterocycles. The zero-order valence-corrected chi connectivity index (χ0v) is 20.1. The number of rotatable bonds is 5. The van der Waals surface area contributed by atoms with E-state index in [1.54, 1.807) is 0 Å². The summed E-state index contributed by atoms with van der Waals surface area (Å²) in [6.45, 7) is 9.12. The Hall–Kier alpha value is -3.80. The van der Waals surface area contributed by atoms with Crippen LogP contribution in [0.15, 0.2) is 66.7 Å². The van der Waals surface area contributed by atoms with Gasteiger partial charge in [0, 0.05) is 43.2 Å². The molecule has 34 heavy (non-hydrogen) atoms. The zero-order chi connectivity index (χ0) is 24.1. The quantitative estimate of drug-likeness (QED) is 0.558. The monoisotopic (exact) mass is 456 g/mol. The van der Waals surface area contributed by atoms with Crippen LogP contribution >= 0.6 is 0 Å². The van der Waals surface area contributed by atoms with E-state index < -0.39 is 0 Å². The second-order valence-corrected chi connectivity index (χ2v) is 8.90. The molecule has 0 radical (unpaired) electrons. The molecule has 4 rings (SSSR count). The van der Waals surface area contributed by atoms with Gasteiger partial charge in [-0.3, -0.25) is 4.79 Å². The summed E-state index contributed by atoms with van der Waals surface area (Å²) in [5.74, 6) is 0.184. The van der Waals surface area contributed by atoms with Gasteiger partial charge in [0.05, 0.1) is 6.42 Å². The van der Waals surface area contributed by atoms with Crippen LogP contribution in [0, 0.1) is 20.8 Å². The summed E-state index contributed by atoms with van der Waals surface area (Å²) < 4.78 is 0. The SMILES string of the molecule is Cc1ccc(NC(=O)Nc2ccc(N3CCN(C(=O)Cc4ccccc4C)CC3)cc2)cc1C. The summed E-state index contributed by atoms with van der Waals surface area (Å²) in [7, 11) is 0. The molecule has 3 aromatic carbocycles. The second kappa shape index (κ2) is 10.4. The number of piperazine rings is 1. The smallest absolute Gasteiger partial charge is 0.323 e. The lowest BCUT2D eigenvalue weighted by Gasteiger charge is -2.36. The van der Waals surface area contributed by atoms with Gasteiger partial charge in [0.25, 0.3) is 0 Å². The number of benzene rings is 3. The first-order chi connectivity index (χ1) is 16.4. The van der Waals surface area contributed by atoms with Crippen molar-refractivity contribution in [3.63, 3.8) is 0 Å². The number of nitrogens with one attached hydrogen (secondary N) is 2. The summed E-state index contributed by atoms with van der Waals surface area (Å²) >= 11 is 0. The van der Waals surface area contributed by atoms with Crippen molar-refractivity contribution in [2.45, 2.75) is 27.2 Å². The van der Waals surface area contributed by atoms with Crippen molar-refractivity contribution in [1.82, 2.24) is 4.90 Å². The van der Waals surface area contributed by atoms with Gasteiger partial charge in [0.2, 0.25) is 5.91 Å². The molecule has 0 spiro atoms. The van der Waals surface area contributed by atoms with Gasteiger partial charge in [0.1, 0.15) is 0 Å². The molecule has 1 fully saturated rings. The highest BCUT2D eigenvalue weighted by Gasteiger charge is 2.21. The Kier molecular flexibility index (Phi) is 7.16. The normalized spacial score (nSPS) is 13.5. The fraction of sp³-hybridized carbons (Fsp3) is 0.286. The zero-order valence-electron chi connectivity index (χ0n) is 20.1. The minimum Gasteiger partial charge on any atom is -0.368 e. The van der Waals surface area contributed by atoms with E-state index >= 15 is 0 Å². The molecule has 1 aliphatic heterocycles. The van der Waals surface area contributed by atoms with Crippen LogP contribution in [0.1, 0.15) is 22.3 Å². The van der Waals surface area contributed by atoms with Crippen molar-refractivity contribution >= 4 is 29.0 Å². The van der Waals surface area contributed by atoms with Gasteiger partial charge < -0.3 is 20.4 Å². The van der Waals surface area contributed by atoms with E-state index in [1.165, 1.54) is 5.56 Å². The molecule has 1 aliphatic rings. The van der Waals surface area contributed by atoms with Gasteiger partial charge in [-0.2, -0.15) is 0 Å². The number of hydrogen-bond donors (Lipinski definition) is 2. The van der Waals surface area contributed by atoms with Crippen LogP contribution < -0.4 is 15.5 Å². The predicted octanol–water partition coefficient (Wildman–Crippen LogP) is 5.15. The maximum atomic E-state index is 12.7. The molecule has 0 atom stereocenters. The van der Waals surface area contributed by atoms with E-state index in [-0.39, 0.29) is 11.9 Å². The highest BCUT2D eigenvalue weighted by Crippen LogP contribution is 2.21. The molecule has 6 nitrogen and oxygen atoms in total. The Morgan fingerprint density at radius 1 is 0.735 bits per heavy atom. The molecule has 176 valence electrons. The Bertz CT molecular complexity index is 1170. The van der Waals surface area contributed by atoms with Crippen LogP contribution in [-0.2, 0) is 11.2 Å². The number of aryl methyl sites for hydroxylation is 3. The average molecular weight is 457 g/mol. The van der Waals surface area contributed by atoms with Crippen molar-refractivity contribution in [2.75, 3.05) is 41.7 Å². The highest BCUT2D eigenvalue weighted by molar-refractivity contribution is 5.99. The predicted molar refractivity (Wildman–Crippen MR) is 139 cm³/mol. The van der Waals surface area contributed by atoms with Crippen molar-refractivity contribution < 1.29 is 9.59 Å². The number of carbonyl (C=O) groups excluding carboxylic acids is 2. The minimum absolute atomic E-state index is 0.184. The van der Waals surface area contributed by atoms with Crippen LogP contribution in [0.25, 0.3) is 0 Å². The summed E-state index contributed by atoms with van der Waals surface area (Å²) in [6, 6.07) is 21.5. The van der Waals surface area contributed by atoms with Crippen molar-refractivity contribution in [3.8, 4) is 0 Å². The Morgan fingerprint density at radius 3 is 2.06 bits per heavy atom. The number of hydrogen-bond acceptors (Lipinski definition) is 3. The molecular formula is C28H32N4O2. The largest absolute Gasteiger partial charge is 0.368 e.